The van der Waals surface area contributed by atoms with E-state index < -0.39 is 5.91 Å². The summed E-state index contributed by atoms with van der Waals surface area (Å²) in [5.74, 6) is -1.14. The average Bonchev–Trinajstić information content (AvgIpc) is 3.11. The normalized spacial score (nSPS) is 12.5. The van der Waals surface area contributed by atoms with E-state index in [-0.39, 0.29) is 39.3 Å². The molecule has 8 heteroatoms. The predicted molar refractivity (Wildman–Crippen MR) is 88.6 cm³/mol. The quantitative estimate of drug-likeness (QED) is 0.603. The summed E-state index contributed by atoms with van der Waals surface area (Å²) in [6, 6.07) is 5.10. The molecule has 0 unspecified atom stereocenters. The van der Waals surface area contributed by atoms with E-state index in [0.29, 0.717) is 5.56 Å². The van der Waals surface area contributed by atoms with Crippen LogP contribution in [-0.2, 0) is 6.54 Å². The first-order valence-corrected chi connectivity index (χ1v) is 8.18. The SMILES string of the molecule is O=C(NCc1cccnc1)c1nc2c(s1)C(=O)c1ccncc1C2=O. The number of thiazole rings is 1. The summed E-state index contributed by atoms with van der Waals surface area (Å²) in [5, 5.41) is 2.79. The third kappa shape index (κ3) is 2.62. The van der Waals surface area contributed by atoms with Crippen LogP contribution in [-0.4, -0.2) is 32.4 Å². The van der Waals surface area contributed by atoms with Gasteiger partial charge in [-0.3, -0.25) is 24.4 Å². The third-order valence-electron chi connectivity index (χ3n) is 3.73. The Labute approximate surface area is 145 Å². The molecule has 3 heterocycles. The van der Waals surface area contributed by atoms with Crippen LogP contribution in [0.5, 0.6) is 0 Å². The number of amides is 1. The van der Waals surface area contributed by atoms with E-state index in [1.165, 1.54) is 18.5 Å². The lowest BCUT2D eigenvalue weighted by Crippen LogP contribution is -2.23. The van der Waals surface area contributed by atoms with Gasteiger partial charge in [0, 0.05) is 36.9 Å². The fraction of sp³-hybridized carbons (Fsp3) is 0.0588. The Morgan fingerprint density at radius 3 is 2.68 bits per heavy atom. The van der Waals surface area contributed by atoms with Gasteiger partial charge in [-0.25, -0.2) is 4.98 Å². The number of nitrogens with zero attached hydrogens (tertiary/aromatic N) is 3. The Kier molecular flexibility index (Phi) is 3.66. The molecule has 0 spiro atoms. The fourth-order valence-corrected chi connectivity index (χ4v) is 3.44. The summed E-state index contributed by atoms with van der Waals surface area (Å²) >= 11 is 0.924. The Morgan fingerprint density at radius 2 is 1.88 bits per heavy atom. The van der Waals surface area contributed by atoms with Crippen molar-refractivity contribution in [3.8, 4) is 0 Å². The van der Waals surface area contributed by atoms with Crippen LogP contribution in [0.15, 0.2) is 43.0 Å². The molecule has 0 saturated carbocycles. The number of rotatable bonds is 3. The predicted octanol–water partition coefficient (Wildman–Crippen LogP) is 1.64. The summed E-state index contributed by atoms with van der Waals surface area (Å²) < 4.78 is 0. The van der Waals surface area contributed by atoms with Crippen LogP contribution in [0.2, 0.25) is 0 Å². The Bertz CT molecular complexity index is 961. The standard InChI is InChI=1S/C17H10N4O3S/c22-13-11-8-19-5-3-10(11)14(23)15-12(13)21-17(25-15)16(24)20-7-9-2-1-4-18-6-9/h1-6,8H,7H2,(H,20,24). The van der Waals surface area contributed by atoms with Crippen LogP contribution in [0.1, 0.15) is 46.7 Å². The number of carbonyl (C=O) groups is 3. The summed E-state index contributed by atoms with van der Waals surface area (Å²) in [6.07, 6.45) is 6.09. The van der Waals surface area contributed by atoms with Gasteiger partial charge in [0.15, 0.2) is 5.01 Å². The molecule has 7 nitrogen and oxygen atoms in total. The van der Waals surface area contributed by atoms with Crippen molar-refractivity contribution in [2.24, 2.45) is 0 Å². The Hall–Kier alpha value is -3.26. The molecule has 1 amide bonds. The van der Waals surface area contributed by atoms with Crippen molar-refractivity contribution in [2.45, 2.75) is 6.54 Å². The van der Waals surface area contributed by atoms with E-state index in [1.54, 1.807) is 18.5 Å². The number of fused-ring (bicyclic) bond motifs is 2. The highest BCUT2D eigenvalue weighted by Gasteiger charge is 2.34. The minimum Gasteiger partial charge on any atom is -0.346 e. The van der Waals surface area contributed by atoms with Crippen molar-refractivity contribution >= 4 is 28.8 Å². The number of carbonyl (C=O) groups excluding carboxylic acids is 3. The highest BCUT2D eigenvalue weighted by atomic mass is 32.1. The lowest BCUT2D eigenvalue weighted by Gasteiger charge is -2.11. The zero-order chi connectivity index (χ0) is 17.4. The fourth-order valence-electron chi connectivity index (χ4n) is 2.51. The van der Waals surface area contributed by atoms with Gasteiger partial charge in [0.25, 0.3) is 5.91 Å². The van der Waals surface area contributed by atoms with Crippen LogP contribution in [0.3, 0.4) is 0 Å². The van der Waals surface area contributed by atoms with Gasteiger partial charge in [-0.15, -0.1) is 11.3 Å². The molecule has 0 aromatic carbocycles. The molecule has 0 bridgehead atoms. The van der Waals surface area contributed by atoms with Crippen molar-refractivity contribution in [3.63, 3.8) is 0 Å². The molecule has 1 aliphatic carbocycles. The Morgan fingerprint density at radius 1 is 1.04 bits per heavy atom. The average molecular weight is 350 g/mol. The number of aromatic nitrogens is 3. The molecule has 0 radical (unpaired) electrons. The van der Waals surface area contributed by atoms with E-state index in [4.69, 9.17) is 0 Å². The summed E-state index contributed by atoms with van der Waals surface area (Å²) in [4.78, 5) is 49.4. The minimum atomic E-state index is -0.439. The molecule has 0 aliphatic heterocycles. The van der Waals surface area contributed by atoms with Gasteiger partial charge in [0.1, 0.15) is 10.6 Å². The van der Waals surface area contributed by atoms with Crippen LogP contribution in [0.25, 0.3) is 0 Å². The molecule has 3 aromatic rings. The topological polar surface area (TPSA) is 102 Å². The van der Waals surface area contributed by atoms with Crippen molar-refractivity contribution in [1.82, 2.24) is 20.3 Å². The summed E-state index contributed by atoms with van der Waals surface area (Å²) in [5.41, 5.74) is 1.36. The monoisotopic (exact) mass is 350 g/mol. The molecule has 1 N–H and O–H groups in total. The second-order valence-electron chi connectivity index (χ2n) is 5.32. The zero-order valence-electron chi connectivity index (χ0n) is 12.7. The maximum atomic E-state index is 12.5. The highest BCUT2D eigenvalue weighted by Crippen LogP contribution is 2.30. The Balaban J connectivity index is 1.61. The minimum absolute atomic E-state index is 0.0158. The largest absolute Gasteiger partial charge is 0.346 e. The van der Waals surface area contributed by atoms with Gasteiger partial charge in [-0.2, -0.15) is 0 Å². The van der Waals surface area contributed by atoms with Crippen molar-refractivity contribution in [2.75, 3.05) is 0 Å². The van der Waals surface area contributed by atoms with Crippen LogP contribution in [0.4, 0.5) is 0 Å². The second kappa shape index (κ2) is 5.99. The molecular weight excluding hydrogens is 340 g/mol. The molecule has 0 fully saturated rings. The summed E-state index contributed by atoms with van der Waals surface area (Å²) in [6.45, 7) is 0.281. The molecule has 1 aliphatic rings. The molecule has 0 saturated heterocycles. The number of hydrogen-bond acceptors (Lipinski definition) is 7. The van der Waals surface area contributed by atoms with Gasteiger partial charge in [-0.1, -0.05) is 6.07 Å². The molecule has 3 aromatic heterocycles. The van der Waals surface area contributed by atoms with Gasteiger partial charge in [0.2, 0.25) is 11.6 Å². The number of hydrogen-bond donors (Lipinski definition) is 1. The molecular formula is C17H10N4O3S. The summed E-state index contributed by atoms with van der Waals surface area (Å²) in [7, 11) is 0. The second-order valence-corrected chi connectivity index (χ2v) is 6.32. The van der Waals surface area contributed by atoms with Crippen LogP contribution < -0.4 is 5.32 Å². The van der Waals surface area contributed by atoms with Crippen molar-refractivity contribution in [3.05, 3.63) is 75.3 Å². The van der Waals surface area contributed by atoms with E-state index >= 15 is 0 Å². The maximum Gasteiger partial charge on any atom is 0.280 e. The van der Waals surface area contributed by atoms with E-state index in [2.05, 4.69) is 20.3 Å². The van der Waals surface area contributed by atoms with Gasteiger partial charge < -0.3 is 5.32 Å². The molecule has 0 atom stereocenters. The molecule has 4 rings (SSSR count). The highest BCUT2D eigenvalue weighted by molar-refractivity contribution is 7.16. The smallest absolute Gasteiger partial charge is 0.280 e. The number of ketones is 2. The van der Waals surface area contributed by atoms with Gasteiger partial charge in [0.05, 0.1) is 5.56 Å². The lowest BCUT2D eigenvalue weighted by molar-refractivity contribution is 0.0949. The van der Waals surface area contributed by atoms with E-state index in [9.17, 15) is 14.4 Å². The first-order valence-electron chi connectivity index (χ1n) is 7.36. The van der Waals surface area contributed by atoms with Gasteiger partial charge >= 0.3 is 0 Å². The van der Waals surface area contributed by atoms with Crippen LogP contribution in [0, 0.1) is 0 Å². The van der Waals surface area contributed by atoms with Gasteiger partial charge in [-0.05, 0) is 17.7 Å². The lowest BCUT2D eigenvalue weighted by atomic mass is 9.93. The maximum absolute atomic E-state index is 12.5. The first-order chi connectivity index (χ1) is 12.1. The third-order valence-corrected chi connectivity index (χ3v) is 4.78. The molecule has 25 heavy (non-hydrogen) atoms. The zero-order valence-corrected chi connectivity index (χ0v) is 13.5. The van der Waals surface area contributed by atoms with E-state index in [0.717, 1.165) is 16.9 Å². The van der Waals surface area contributed by atoms with E-state index in [1.807, 2.05) is 6.07 Å². The number of pyridine rings is 2. The number of nitrogens with one attached hydrogen (secondary N) is 1. The van der Waals surface area contributed by atoms with Crippen molar-refractivity contribution < 1.29 is 14.4 Å². The van der Waals surface area contributed by atoms with Crippen molar-refractivity contribution in [1.29, 1.82) is 0 Å². The van der Waals surface area contributed by atoms with Crippen LogP contribution >= 0.6 is 11.3 Å². The molecule has 122 valence electrons. The first kappa shape index (κ1) is 15.3.